The number of methoxy groups -OCH3 is 1. The molecule has 0 radical (unpaired) electrons. The van der Waals surface area contributed by atoms with Crippen LogP contribution in [0.4, 0.5) is 5.69 Å². The monoisotopic (exact) mass is 412 g/mol. The van der Waals surface area contributed by atoms with Gasteiger partial charge in [-0.15, -0.1) is 5.10 Å². The normalized spacial score (nSPS) is 10.7. The molecule has 1 N–H and O–H groups in total. The number of ether oxygens (including phenoxy) is 1. The average molecular weight is 412 g/mol. The van der Waals surface area contributed by atoms with Crippen LogP contribution in [0.15, 0.2) is 66.7 Å². The first-order valence-electron chi connectivity index (χ1n) is 10.0. The van der Waals surface area contributed by atoms with Gasteiger partial charge in [0.15, 0.2) is 5.82 Å². The molecule has 3 aromatic carbocycles. The van der Waals surface area contributed by atoms with Gasteiger partial charge in [-0.2, -0.15) is 0 Å². The molecule has 6 heteroatoms. The molecule has 31 heavy (non-hydrogen) atoms. The molecule has 0 aliphatic heterocycles. The lowest BCUT2D eigenvalue weighted by molar-refractivity contribution is 0.101. The first-order valence-corrected chi connectivity index (χ1v) is 10.0. The molecule has 4 rings (SSSR count). The fourth-order valence-electron chi connectivity index (χ4n) is 3.21. The third-order valence-electron chi connectivity index (χ3n) is 5.20. The van der Waals surface area contributed by atoms with Gasteiger partial charge in [0.2, 0.25) is 5.82 Å². The summed E-state index contributed by atoms with van der Waals surface area (Å²) in [5.74, 6) is 1.08. The topological polar surface area (TPSA) is 69.0 Å². The summed E-state index contributed by atoms with van der Waals surface area (Å²) in [4.78, 5) is 17.5. The van der Waals surface area contributed by atoms with Crippen LogP contribution in [0.1, 0.15) is 27.3 Å². The molecule has 0 atom stereocenters. The predicted octanol–water partition coefficient (Wildman–Crippen LogP) is 5.12. The molecule has 0 aliphatic carbocycles. The maximum Gasteiger partial charge on any atom is 0.295 e. The van der Waals surface area contributed by atoms with Crippen molar-refractivity contribution in [2.45, 2.75) is 20.8 Å². The average Bonchev–Trinajstić information content (AvgIpc) is 3.22. The standard InChI is InChI=1S/C25H24N4O2/c1-16-5-8-19(9-6-16)24-27-23(25(30)26-20-10-7-17(2)18(3)15-20)28-29(24)21-11-13-22(31-4)14-12-21/h5-15H,1-4H3,(H,26,30). The molecule has 0 spiro atoms. The van der Waals surface area contributed by atoms with Crippen molar-refractivity contribution >= 4 is 11.6 Å². The second-order valence-electron chi connectivity index (χ2n) is 7.49. The molecule has 0 aliphatic rings. The number of nitrogens with one attached hydrogen (secondary N) is 1. The Bertz CT molecular complexity index is 1230. The fourth-order valence-corrected chi connectivity index (χ4v) is 3.21. The first-order chi connectivity index (χ1) is 14.9. The van der Waals surface area contributed by atoms with Gasteiger partial charge in [0, 0.05) is 11.3 Å². The van der Waals surface area contributed by atoms with Crippen LogP contribution in [-0.4, -0.2) is 27.8 Å². The number of carbonyl (C=O) groups is 1. The van der Waals surface area contributed by atoms with Crippen molar-refractivity contribution in [1.82, 2.24) is 14.8 Å². The molecule has 0 fully saturated rings. The molecular formula is C25H24N4O2. The minimum atomic E-state index is -0.358. The van der Waals surface area contributed by atoms with Crippen molar-refractivity contribution in [1.29, 1.82) is 0 Å². The van der Waals surface area contributed by atoms with E-state index in [4.69, 9.17) is 4.74 Å². The van der Waals surface area contributed by atoms with Gasteiger partial charge in [-0.1, -0.05) is 35.9 Å². The molecule has 0 bridgehead atoms. The number of anilines is 1. The highest BCUT2D eigenvalue weighted by Crippen LogP contribution is 2.24. The lowest BCUT2D eigenvalue weighted by Crippen LogP contribution is -2.14. The van der Waals surface area contributed by atoms with Crippen LogP contribution < -0.4 is 10.1 Å². The van der Waals surface area contributed by atoms with Crippen LogP contribution in [0.25, 0.3) is 17.1 Å². The van der Waals surface area contributed by atoms with E-state index in [0.29, 0.717) is 11.5 Å². The lowest BCUT2D eigenvalue weighted by Gasteiger charge is -2.07. The van der Waals surface area contributed by atoms with Crippen LogP contribution in [0, 0.1) is 20.8 Å². The van der Waals surface area contributed by atoms with Crippen molar-refractivity contribution in [3.63, 3.8) is 0 Å². The van der Waals surface area contributed by atoms with E-state index in [1.807, 2.05) is 87.5 Å². The number of nitrogens with zero attached hydrogens (tertiary/aromatic N) is 3. The summed E-state index contributed by atoms with van der Waals surface area (Å²) in [5.41, 5.74) is 5.79. The zero-order valence-corrected chi connectivity index (χ0v) is 18.0. The van der Waals surface area contributed by atoms with E-state index < -0.39 is 0 Å². The molecule has 0 saturated heterocycles. The number of amides is 1. The van der Waals surface area contributed by atoms with Crippen LogP contribution in [-0.2, 0) is 0 Å². The maximum atomic E-state index is 12.9. The van der Waals surface area contributed by atoms with Crippen LogP contribution >= 0.6 is 0 Å². The van der Waals surface area contributed by atoms with Crippen molar-refractivity contribution in [3.05, 3.63) is 89.2 Å². The zero-order valence-electron chi connectivity index (χ0n) is 18.0. The van der Waals surface area contributed by atoms with Crippen LogP contribution in [0.5, 0.6) is 5.75 Å². The number of benzene rings is 3. The summed E-state index contributed by atoms with van der Waals surface area (Å²) in [7, 11) is 1.62. The molecule has 156 valence electrons. The van der Waals surface area contributed by atoms with E-state index >= 15 is 0 Å². The van der Waals surface area contributed by atoms with Crippen molar-refractivity contribution in [2.24, 2.45) is 0 Å². The first kappa shape index (κ1) is 20.3. The Morgan fingerprint density at radius 3 is 2.26 bits per heavy atom. The maximum absolute atomic E-state index is 12.9. The summed E-state index contributed by atoms with van der Waals surface area (Å²) in [6, 6.07) is 21.2. The third kappa shape index (κ3) is 4.33. The third-order valence-corrected chi connectivity index (χ3v) is 5.20. The molecule has 4 aromatic rings. The summed E-state index contributed by atoms with van der Waals surface area (Å²) in [5, 5.41) is 7.42. The highest BCUT2D eigenvalue weighted by molar-refractivity contribution is 6.01. The van der Waals surface area contributed by atoms with Crippen molar-refractivity contribution in [3.8, 4) is 22.8 Å². The number of rotatable bonds is 5. The number of hydrogen-bond acceptors (Lipinski definition) is 4. The molecule has 0 unspecified atom stereocenters. The molecule has 1 aromatic heterocycles. The van der Waals surface area contributed by atoms with E-state index in [0.717, 1.165) is 28.1 Å². The largest absolute Gasteiger partial charge is 0.497 e. The Kier molecular flexibility index (Phi) is 5.54. The van der Waals surface area contributed by atoms with Crippen molar-refractivity contribution < 1.29 is 9.53 Å². The van der Waals surface area contributed by atoms with E-state index in [1.165, 1.54) is 5.56 Å². The summed E-state index contributed by atoms with van der Waals surface area (Å²) in [6.45, 7) is 6.07. The van der Waals surface area contributed by atoms with E-state index in [2.05, 4.69) is 15.4 Å². The van der Waals surface area contributed by atoms with Gasteiger partial charge in [0.25, 0.3) is 5.91 Å². The minimum Gasteiger partial charge on any atom is -0.497 e. The zero-order chi connectivity index (χ0) is 22.0. The molecule has 1 amide bonds. The van der Waals surface area contributed by atoms with Crippen LogP contribution in [0.2, 0.25) is 0 Å². The lowest BCUT2D eigenvalue weighted by atomic mass is 10.1. The van der Waals surface area contributed by atoms with Gasteiger partial charge < -0.3 is 10.1 Å². The van der Waals surface area contributed by atoms with Gasteiger partial charge in [0.1, 0.15) is 5.75 Å². The van der Waals surface area contributed by atoms with Gasteiger partial charge in [0.05, 0.1) is 12.8 Å². The number of hydrogen-bond donors (Lipinski definition) is 1. The molecule has 6 nitrogen and oxygen atoms in total. The van der Waals surface area contributed by atoms with Crippen LogP contribution in [0.3, 0.4) is 0 Å². The van der Waals surface area contributed by atoms with E-state index in [9.17, 15) is 4.79 Å². The Hall–Kier alpha value is -3.93. The predicted molar refractivity (Wildman–Crippen MR) is 122 cm³/mol. The van der Waals surface area contributed by atoms with E-state index in [1.54, 1.807) is 11.8 Å². The molecule has 0 saturated carbocycles. The van der Waals surface area contributed by atoms with E-state index in [-0.39, 0.29) is 11.7 Å². The second kappa shape index (κ2) is 8.44. The SMILES string of the molecule is COc1ccc(-n2nc(C(=O)Nc3ccc(C)c(C)c3)nc2-c2ccc(C)cc2)cc1. The quantitative estimate of drug-likeness (QED) is 0.494. The van der Waals surface area contributed by atoms with Crippen molar-refractivity contribution in [2.75, 3.05) is 12.4 Å². The fraction of sp³-hybridized carbons (Fsp3) is 0.160. The number of carbonyl (C=O) groups excluding carboxylic acids is 1. The van der Waals surface area contributed by atoms with Gasteiger partial charge in [-0.05, 0) is 68.3 Å². The Morgan fingerprint density at radius 1 is 0.903 bits per heavy atom. The van der Waals surface area contributed by atoms with Gasteiger partial charge >= 0.3 is 0 Å². The van der Waals surface area contributed by atoms with Gasteiger partial charge in [-0.3, -0.25) is 4.79 Å². The molecule has 1 heterocycles. The summed E-state index contributed by atoms with van der Waals surface area (Å²) < 4.78 is 6.93. The number of aromatic nitrogens is 3. The highest BCUT2D eigenvalue weighted by Gasteiger charge is 2.19. The smallest absolute Gasteiger partial charge is 0.295 e. The Morgan fingerprint density at radius 2 is 1.61 bits per heavy atom. The summed E-state index contributed by atoms with van der Waals surface area (Å²) >= 11 is 0. The molecular weight excluding hydrogens is 388 g/mol. The second-order valence-corrected chi connectivity index (χ2v) is 7.49. The summed E-state index contributed by atoms with van der Waals surface area (Å²) in [6.07, 6.45) is 0. The number of aryl methyl sites for hydroxylation is 3. The van der Waals surface area contributed by atoms with Gasteiger partial charge in [-0.25, -0.2) is 9.67 Å². The Balaban J connectivity index is 1.73. The minimum absolute atomic E-state index is 0.102. The highest BCUT2D eigenvalue weighted by atomic mass is 16.5. The Labute approximate surface area is 181 Å².